The van der Waals surface area contributed by atoms with Crippen LogP contribution in [0.1, 0.15) is 24.7 Å². The van der Waals surface area contributed by atoms with Crippen LogP contribution in [0.5, 0.6) is 0 Å². The molecule has 0 saturated carbocycles. The molecule has 2 aromatic rings. The fourth-order valence-corrected chi connectivity index (χ4v) is 2.04. The van der Waals surface area contributed by atoms with Crippen LogP contribution >= 0.6 is 0 Å². The third-order valence-corrected chi connectivity index (χ3v) is 3.23. The van der Waals surface area contributed by atoms with Gasteiger partial charge in [0.25, 0.3) is 0 Å². The van der Waals surface area contributed by atoms with Crippen molar-refractivity contribution in [2.45, 2.75) is 13.3 Å². The summed E-state index contributed by atoms with van der Waals surface area (Å²) in [6.45, 7) is 2.19. The second-order valence-electron chi connectivity index (χ2n) is 4.92. The molecule has 2 N–H and O–H groups in total. The molecular formula is C15H14N6. The van der Waals surface area contributed by atoms with Crippen LogP contribution in [-0.4, -0.2) is 20.2 Å². The van der Waals surface area contributed by atoms with Crippen LogP contribution in [0.3, 0.4) is 0 Å². The third kappa shape index (κ3) is 2.98. The fourth-order valence-electron chi connectivity index (χ4n) is 2.04. The van der Waals surface area contributed by atoms with Crippen molar-refractivity contribution in [3.05, 3.63) is 48.1 Å². The molecule has 2 aromatic heterocycles. The molecule has 1 aliphatic rings. The predicted octanol–water partition coefficient (Wildman–Crippen LogP) is 2.79. The molecule has 2 heterocycles. The van der Waals surface area contributed by atoms with Gasteiger partial charge in [0.2, 0.25) is 0 Å². The van der Waals surface area contributed by atoms with Crippen molar-refractivity contribution in [1.82, 2.24) is 20.2 Å². The van der Waals surface area contributed by atoms with Crippen molar-refractivity contribution in [3.63, 3.8) is 0 Å². The summed E-state index contributed by atoms with van der Waals surface area (Å²) < 4.78 is 0. The average molecular weight is 278 g/mol. The lowest BCUT2D eigenvalue weighted by molar-refractivity contribution is 0.738. The quantitative estimate of drug-likeness (QED) is 0.901. The van der Waals surface area contributed by atoms with Gasteiger partial charge in [-0.15, -0.1) is 0 Å². The second kappa shape index (κ2) is 5.59. The van der Waals surface area contributed by atoms with E-state index < -0.39 is 0 Å². The van der Waals surface area contributed by atoms with E-state index >= 15 is 0 Å². The summed E-state index contributed by atoms with van der Waals surface area (Å²) >= 11 is 0. The number of hydrogen-bond donors (Lipinski definition) is 2. The lowest BCUT2D eigenvalue weighted by Gasteiger charge is -2.09. The molecule has 0 fully saturated rings. The van der Waals surface area contributed by atoms with Crippen molar-refractivity contribution < 1.29 is 0 Å². The minimum absolute atomic E-state index is 0.287. The number of H-pyrrole nitrogens is 1. The Hall–Kier alpha value is -2.94. The maximum absolute atomic E-state index is 8.68. The van der Waals surface area contributed by atoms with Gasteiger partial charge in [-0.25, -0.2) is 9.97 Å². The van der Waals surface area contributed by atoms with E-state index in [-0.39, 0.29) is 5.69 Å². The summed E-state index contributed by atoms with van der Waals surface area (Å²) in [4.78, 5) is 8.05. The van der Waals surface area contributed by atoms with Crippen LogP contribution < -0.4 is 5.32 Å². The molecule has 0 aromatic carbocycles. The van der Waals surface area contributed by atoms with E-state index in [9.17, 15) is 0 Å². The number of aromatic amines is 1. The predicted molar refractivity (Wildman–Crippen MR) is 79.5 cm³/mol. The summed E-state index contributed by atoms with van der Waals surface area (Å²) in [7, 11) is 0. The molecule has 21 heavy (non-hydrogen) atoms. The van der Waals surface area contributed by atoms with Crippen LogP contribution in [0.2, 0.25) is 0 Å². The highest BCUT2D eigenvalue weighted by atomic mass is 15.2. The Balaban J connectivity index is 1.73. The smallest absolute Gasteiger partial charge is 0.158 e. The lowest BCUT2D eigenvalue weighted by atomic mass is 9.97. The molecule has 6 heteroatoms. The molecule has 0 bridgehead atoms. The van der Waals surface area contributed by atoms with Crippen LogP contribution in [0.4, 0.5) is 11.6 Å². The van der Waals surface area contributed by atoms with Gasteiger partial charge >= 0.3 is 0 Å². The topological polar surface area (TPSA) is 90.3 Å². The van der Waals surface area contributed by atoms with Crippen molar-refractivity contribution in [1.29, 1.82) is 5.26 Å². The van der Waals surface area contributed by atoms with Gasteiger partial charge in [0.15, 0.2) is 11.5 Å². The first kappa shape index (κ1) is 13.1. The number of anilines is 2. The average Bonchev–Trinajstić information content (AvgIpc) is 2.97. The number of hydrogen-bond acceptors (Lipinski definition) is 5. The highest BCUT2D eigenvalue weighted by molar-refractivity contribution is 5.74. The molecule has 6 nitrogen and oxygen atoms in total. The Bertz CT molecular complexity index is 732. The summed E-state index contributed by atoms with van der Waals surface area (Å²) in [5, 5.41) is 18.9. The molecule has 0 spiro atoms. The lowest BCUT2D eigenvalue weighted by Crippen LogP contribution is -1.95. The molecule has 1 aliphatic carbocycles. The summed E-state index contributed by atoms with van der Waals surface area (Å²) in [5.74, 6) is 1.80. The SMILES string of the molecule is CC1C=CC(c2cc(Nc3cnc(C#N)cn3)n[nH]2)=CC1. The van der Waals surface area contributed by atoms with Crippen LogP contribution in [0.25, 0.3) is 5.57 Å². The maximum Gasteiger partial charge on any atom is 0.158 e. The van der Waals surface area contributed by atoms with E-state index in [0.717, 1.165) is 17.7 Å². The van der Waals surface area contributed by atoms with Crippen LogP contribution in [0, 0.1) is 17.2 Å². The molecular weight excluding hydrogens is 264 g/mol. The fraction of sp³-hybridized carbons (Fsp3) is 0.200. The first-order chi connectivity index (χ1) is 10.2. The number of rotatable bonds is 3. The van der Waals surface area contributed by atoms with E-state index in [4.69, 9.17) is 5.26 Å². The Labute approximate surface area is 122 Å². The molecule has 3 rings (SSSR count). The Kier molecular flexibility index (Phi) is 3.48. The van der Waals surface area contributed by atoms with Gasteiger partial charge in [0, 0.05) is 6.07 Å². The van der Waals surface area contributed by atoms with E-state index in [0.29, 0.717) is 17.6 Å². The van der Waals surface area contributed by atoms with Crippen LogP contribution in [0.15, 0.2) is 36.7 Å². The molecule has 104 valence electrons. The van der Waals surface area contributed by atoms with Gasteiger partial charge in [0.1, 0.15) is 11.9 Å². The minimum Gasteiger partial charge on any atom is -0.322 e. The molecule has 0 aliphatic heterocycles. The van der Waals surface area contributed by atoms with E-state index in [2.05, 4.69) is 50.6 Å². The van der Waals surface area contributed by atoms with E-state index in [1.165, 1.54) is 12.4 Å². The molecule has 0 saturated heterocycles. The van der Waals surface area contributed by atoms with Crippen molar-refractivity contribution in [3.8, 4) is 6.07 Å². The zero-order valence-corrected chi connectivity index (χ0v) is 11.5. The summed E-state index contributed by atoms with van der Waals surface area (Å²) in [5.41, 5.74) is 2.39. The van der Waals surface area contributed by atoms with Gasteiger partial charge in [-0.1, -0.05) is 25.2 Å². The normalized spacial score (nSPS) is 17.1. The monoisotopic (exact) mass is 278 g/mol. The molecule has 0 amide bonds. The first-order valence-electron chi connectivity index (χ1n) is 6.68. The zero-order valence-electron chi connectivity index (χ0n) is 11.5. The van der Waals surface area contributed by atoms with Crippen molar-refractivity contribution in [2.24, 2.45) is 5.92 Å². The summed E-state index contributed by atoms with van der Waals surface area (Å²) in [6, 6.07) is 3.85. The van der Waals surface area contributed by atoms with E-state index in [1.54, 1.807) is 0 Å². The van der Waals surface area contributed by atoms with Gasteiger partial charge in [0.05, 0.1) is 18.1 Å². The molecule has 0 radical (unpaired) electrons. The van der Waals surface area contributed by atoms with Crippen molar-refractivity contribution in [2.75, 3.05) is 5.32 Å². The highest BCUT2D eigenvalue weighted by Gasteiger charge is 2.09. The standard InChI is InChI=1S/C15H14N6/c1-10-2-4-11(5-3-10)13-6-14(21-20-13)19-15-9-17-12(7-16)8-18-15/h2,4-6,8-10H,3H2,1H3,(H2,18,19,20,21). The Morgan fingerprint density at radius 1 is 1.33 bits per heavy atom. The number of allylic oxidation sites excluding steroid dienone is 4. The highest BCUT2D eigenvalue weighted by Crippen LogP contribution is 2.24. The third-order valence-electron chi connectivity index (χ3n) is 3.23. The minimum atomic E-state index is 0.287. The zero-order chi connectivity index (χ0) is 14.7. The number of nitrogens with one attached hydrogen (secondary N) is 2. The maximum atomic E-state index is 8.68. The van der Waals surface area contributed by atoms with Gasteiger partial charge in [-0.05, 0) is 17.9 Å². The number of nitriles is 1. The van der Waals surface area contributed by atoms with Gasteiger partial charge in [-0.3, -0.25) is 5.10 Å². The number of nitrogens with zero attached hydrogens (tertiary/aromatic N) is 4. The first-order valence-corrected chi connectivity index (χ1v) is 6.68. The van der Waals surface area contributed by atoms with Gasteiger partial charge in [-0.2, -0.15) is 10.4 Å². The number of aromatic nitrogens is 4. The van der Waals surface area contributed by atoms with E-state index in [1.807, 2.05) is 12.1 Å². The summed E-state index contributed by atoms with van der Waals surface area (Å²) in [6.07, 6.45) is 10.5. The molecule has 1 atom stereocenters. The Morgan fingerprint density at radius 2 is 2.24 bits per heavy atom. The Morgan fingerprint density at radius 3 is 2.90 bits per heavy atom. The second-order valence-corrected chi connectivity index (χ2v) is 4.92. The largest absolute Gasteiger partial charge is 0.322 e. The molecule has 1 unspecified atom stereocenters. The van der Waals surface area contributed by atoms with Gasteiger partial charge < -0.3 is 5.32 Å². The van der Waals surface area contributed by atoms with Crippen LogP contribution in [-0.2, 0) is 0 Å². The van der Waals surface area contributed by atoms with Crippen molar-refractivity contribution >= 4 is 17.2 Å².